The van der Waals surface area contributed by atoms with Crippen LogP contribution in [0.25, 0.3) is 10.4 Å². The number of nitrogens with zero attached hydrogens (tertiary/aromatic N) is 2. The van der Waals surface area contributed by atoms with Gasteiger partial charge in [0.25, 0.3) is 0 Å². The number of thiazole rings is 1. The molecule has 0 unspecified atom stereocenters. The van der Waals surface area contributed by atoms with Crippen molar-refractivity contribution in [3.05, 3.63) is 60.2 Å². The Hall–Kier alpha value is -2.35. The Labute approximate surface area is 162 Å². The highest BCUT2D eigenvalue weighted by atomic mass is 32.1. The summed E-state index contributed by atoms with van der Waals surface area (Å²) in [6, 6.07) is 10.6. The van der Waals surface area contributed by atoms with E-state index in [1.165, 1.54) is 29.0 Å². The molecule has 7 heteroatoms. The number of pyridine rings is 1. The van der Waals surface area contributed by atoms with E-state index in [1.807, 2.05) is 6.20 Å². The molecule has 27 heavy (non-hydrogen) atoms. The van der Waals surface area contributed by atoms with Gasteiger partial charge in [0, 0.05) is 25.5 Å². The molecule has 3 heterocycles. The zero-order valence-electron chi connectivity index (χ0n) is 14.9. The Morgan fingerprint density at radius 1 is 1.07 bits per heavy atom. The SMILES string of the molecule is Fc1ccc(-c2cnc(Nc3cc(CC4CNCCNC4)ccn3)s2)cc1. The van der Waals surface area contributed by atoms with E-state index in [2.05, 4.69) is 38.1 Å². The van der Waals surface area contributed by atoms with Gasteiger partial charge in [-0.3, -0.25) is 0 Å². The molecule has 1 fully saturated rings. The molecule has 2 aromatic heterocycles. The quantitative estimate of drug-likeness (QED) is 0.630. The Morgan fingerprint density at radius 3 is 2.63 bits per heavy atom. The van der Waals surface area contributed by atoms with Crippen LogP contribution in [0.2, 0.25) is 0 Å². The summed E-state index contributed by atoms with van der Waals surface area (Å²) in [7, 11) is 0. The maximum Gasteiger partial charge on any atom is 0.188 e. The standard InChI is InChI=1S/C20H22FN5S/c21-17-3-1-16(2-4-17)18-13-25-20(27-18)26-19-10-14(5-6-24-19)9-15-11-22-7-8-23-12-15/h1-6,10,13,15,22-23H,7-9,11-12H2,(H,24,25,26). The number of aromatic nitrogens is 2. The van der Waals surface area contributed by atoms with Gasteiger partial charge >= 0.3 is 0 Å². The second-order valence-corrected chi connectivity index (χ2v) is 7.72. The highest BCUT2D eigenvalue weighted by Gasteiger charge is 2.13. The monoisotopic (exact) mass is 383 g/mol. The number of nitrogens with one attached hydrogen (secondary N) is 3. The molecule has 0 aliphatic carbocycles. The molecule has 0 spiro atoms. The molecule has 3 N–H and O–H groups in total. The minimum Gasteiger partial charge on any atom is -0.316 e. The van der Waals surface area contributed by atoms with Crippen molar-refractivity contribution in [3.63, 3.8) is 0 Å². The van der Waals surface area contributed by atoms with Crippen molar-refractivity contribution >= 4 is 22.3 Å². The minimum absolute atomic E-state index is 0.235. The van der Waals surface area contributed by atoms with Crippen molar-refractivity contribution < 1.29 is 4.39 Å². The van der Waals surface area contributed by atoms with Gasteiger partial charge in [-0.2, -0.15) is 0 Å². The second-order valence-electron chi connectivity index (χ2n) is 6.69. The summed E-state index contributed by atoms with van der Waals surface area (Å²) in [6.07, 6.45) is 4.65. The molecule has 0 atom stereocenters. The number of halogens is 1. The fourth-order valence-electron chi connectivity index (χ4n) is 3.20. The highest BCUT2D eigenvalue weighted by molar-refractivity contribution is 7.18. The van der Waals surface area contributed by atoms with Gasteiger partial charge in [-0.15, -0.1) is 0 Å². The van der Waals surface area contributed by atoms with E-state index in [0.717, 1.165) is 54.0 Å². The molecule has 1 aliphatic heterocycles. The predicted octanol–water partition coefficient (Wildman–Crippen LogP) is 3.44. The summed E-state index contributed by atoms with van der Waals surface area (Å²) in [4.78, 5) is 9.83. The number of benzene rings is 1. The van der Waals surface area contributed by atoms with Crippen molar-refractivity contribution in [1.82, 2.24) is 20.6 Å². The average Bonchev–Trinajstić information content (AvgIpc) is 2.98. The Morgan fingerprint density at radius 2 is 1.85 bits per heavy atom. The molecule has 0 radical (unpaired) electrons. The van der Waals surface area contributed by atoms with Gasteiger partial charge in [0.1, 0.15) is 11.6 Å². The molecule has 1 aromatic carbocycles. The first kappa shape index (κ1) is 18.0. The number of hydrogen-bond acceptors (Lipinski definition) is 6. The van der Waals surface area contributed by atoms with Gasteiger partial charge in [-0.05, 0) is 60.8 Å². The smallest absolute Gasteiger partial charge is 0.188 e. The Kier molecular flexibility index (Phi) is 5.72. The molecule has 0 bridgehead atoms. The Bertz CT molecular complexity index is 872. The molecule has 4 rings (SSSR count). The van der Waals surface area contributed by atoms with Crippen LogP contribution in [0.5, 0.6) is 0 Å². The molecule has 0 saturated carbocycles. The number of rotatable bonds is 5. The lowest BCUT2D eigenvalue weighted by Crippen LogP contribution is -2.25. The van der Waals surface area contributed by atoms with E-state index in [4.69, 9.17) is 0 Å². The van der Waals surface area contributed by atoms with Crippen LogP contribution in [0.3, 0.4) is 0 Å². The van der Waals surface area contributed by atoms with Gasteiger partial charge in [0.2, 0.25) is 0 Å². The fraction of sp³-hybridized carbons (Fsp3) is 0.300. The minimum atomic E-state index is -0.235. The van der Waals surface area contributed by atoms with Crippen molar-refractivity contribution in [2.24, 2.45) is 5.92 Å². The summed E-state index contributed by atoms with van der Waals surface area (Å²) in [5.41, 5.74) is 2.22. The van der Waals surface area contributed by atoms with Crippen LogP contribution in [0.15, 0.2) is 48.8 Å². The molecule has 0 amide bonds. The number of anilines is 2. The van der Waals surface area contributed by atoms with Gasteiger partial charge in [0.15, 0.2) is 5.13 Å². The third kappa shape index (κ3) is 4.88. The molecular formula is C20H22FN5S. The largest absolute Gasteiger partial charge is 0.316 e. The van der Waals surface area contributed by atoms with Gasteiger partial charge in [-0.1, -0.05) is 23.5 Å². The van der Waals surface area contributed by atoms with Crippen LogP contribution in [0, 0.1) is 11.7 Å². The average molecular weight is 383 g/mol. The third-order valence-electron chi connectivity index (χ3n) is 4.56. The first-order valence-electron chi connectivity index (χ1n) is 9.11. The van der Waals surface area contributed by atoms with Gasteiger partial charge in [0.05, 0.1) is 4.88 Å². The zero-order chi connectivity index (χ0) is 18.5. The molecule has 140 valence electrons. The number of hydrogen-bond donors (Lipinski definition) is 3. The molecule has 1 saturated heterocycles. The van der Waals surface area contributed by atoms with Crippen molar-refractivity contribution in [2.75, 3.05) is 31.5 Å². The van der Waals surface area contributed by atoms with E-state index in [1.54, 1.807) is 18.3 Å². The maximum atomic E-state index is 13.1. The van der Waals surface area contributed by atoms with Crippen LogP contribution in [-0.2, 0) is 6.42 Å². The van der Waals surface area contributed by atoms with Crippen LogP contribution in [0.4, 0.5) is 15.3 Å². The summed E-state index contributed by atoms with van der Waals surface area (Å²) in [6.45, 7) is 4.12. The lowest BCUT2D eigenvalue weighted by molar-refractivity contribution is 0.497. The topological polar surface area (TPSA) is 61.9 Å². The zero-order valence-corrected chi connectivity index (χ0v) is 15.7. The third-order valence-corrected chi connectivity index (χ3v) is 5.52. The maximum absolute atomic E-state index is 13.1. The molecule has 1 aliphatic rings. The van der Waals surface area contributed by atoms with Crippen molar-refractivity contribution in [2.45, 2.75) is 6.42 Å². The summed E-state index contributed by atoms with van der Waals surface area (Å²) < 4.78 is 13.1. The van der Waals surface area contributed by atoms with Crippen LogP contribution < -0.4 is 16.0 Å². The van der Waals surface area contributed by atoms with Gasteiger partial charge in [-0.25, -0.2) is 14.4 Å². The van der Waals surface area contributed by atoms with Gasteiger partial charge < -0.3 is 16.0 Å². The van der Waals surface area contributed by atoms with Crippen molar-refractivity contribution in [3.8, 4) is 10.4 Å². The van der Waals surface area contributed by atoms with Crippen molar-refractivity contribution in [1.29, 1.82) is 0 Å². The predicted molar refractivity (Wildman–Crippen MR) is 108 cm³/mol. The van der Waals surface area contributed by atoms with E-state index in [0.29, 0.717) is 5.92 Å². The summed E-state index contributed by atoms with van der Waals surface area (Å²) >= 11 is 1.53. The first-order valence-corrected chi connectivity index (χ1v) is 9.93. The molecule has 5 nitrogen and oxygen atoms in total. The first-order chi connectivity index (χ1) is 13.3. The summed E-state index contributed by atoms with van der Waals surface area (Å²) in [5.74, 6) is 1.14. The van der Waals surface area contributed by atoms with E-state index in [9.17, 15) is 4.39 Å². The molecular weight excluding hydrogens is 361 g/mol. The highest BCUT2D eigenvalue weighted by Crippen LogP contribution is 2.30. The lowest BCUT2D eigenvalue weighted by Gasteiger charge is -2.14. The lowest BCUT2D eigenvalue weighted by atomic mass is 10.00. The summed E-state index contributed by atoms with van der Waals surface area (Å²) in [5, 5.41) is 11.0. The second kappa shape index (κ2) is 8.56. The normalized spacial score (nSPS) is 15.4. The Balaban J connectivity index is 1.43. The van der Waals surface area contributed by atoms with E-state index >= 15 is 0 Å². The van der Waals surface area contributed by atoms with E-state index in [-0.39, 0.29) is 5.82 Å². The van der Waals surface area contributed by atoms with Crippen LogP contribution in [0.1, 0.15) is 5.56 Å². The van der Waals surface area contributed by atoms with Crippen LogP contribution in [-0.4, -0.2) is 36.1 Å². The molecule has 3 aromatic rings. The van der Waals surface area contributed by atoms with Crippen LogP contribution >= 0.6 is 11.3 Å². The van der Waals surface area contributed by atoms with E-state index < -0.39 is 0 Å². The fourth-order valence-corrected chi connectivity index (χ4v) is 4.03.